The van der Waals surface area contributed by atoms with Gasteiger partial charge < -0.3 is 9.47 Å². The lowest BCUT2D eigenvalue weighted by atomic mass is 9.65. The van der Waals surface area contributed by atoms with Crippen molar-refractivity contribution in [2.45, 2.75) is 24.7 Å². The highest BCUT2D eigenvalue weighted by atomic mass is 32.1. The molecule has 4 heteroatoms. The predicted molar refractivity (Wildman–Crippen MR) is 237 cm³/mol. The average molecular weight is 751 g/mol. The molecule has 13 rings (SSSR count). The van der Waals surface area contributed by atoms with Crippen LogP contribution in [0.25, 0.3) is 59.1 Å². The van der Waals surface area contributed by atoms with Crippen molar-refractivity contribution < 1.29 is 0 Å². The Hall–Kier alpha value is -6.20. The van der Waals surface area contributed by atoms with Gasteiger partial charge in [-0.1, -0.05) is 117 Å². The van der Waals surface area contributed by atoms with E-state index >= 15 is 0 Å². The third-order valence-electron chi connectivity index (χ3n) is 13.1. The molecule has 4 heterocycles. The van der Waals surface area contributed by atoms with Crippen molar-refractivity contribution in [3.63, 3.8) is 0 Å². The van der Waals surface area contributed by atoms with Crippen molar-refractivity contribution >= 4 is 72.3 Å². The molecule has 3 aromatic heterocycles. The van der Waals surface area contributed by atoms with Crippen molar-refractivity contribution in [3.8, 4) is 26.6 Å². The normalized spacial score (nSPS) is 15.2. The number of para-hydroxylation sites is 3. The summed E-state index contributed by atoms with van der Waals surface area (Å²) in [5, 5.41) is 9.72. The zero-order valence-corrected chi connectivity index (χ0v) is 32.5. The van der Waals surface area contributed by atoms with Crippen molar-refractivity contribution in [1.82, 2.24) is 4.57 Å². The Balaban J connectivity index is 1.22. The van der Waals surface area contributed by atoms with E-state index in [0.29, 0.717) is 0 Å². The van der Waals surface area contributed by atoms with Gasteiger partial charge in [-0.3, -0.25) is 0 Å². The molecule has 56 heavy (non-hydrogen) atoms. The minimum atomic E-state index is -0.459. The summed E-state index contributed by atoms with van der Waals surface area (Å²) >= 11 is 3.77. The van der Waals surface area contributed by atoms with Gasteiger partial charge in [-0.15, -0.1) is 22.7 Å². The Labute approximate surface area is 333 Å². The van der Waals surface area contributed by atoms with E-state index in [1.165, 1.54) is 110 Å². The van der Waals surface area contributed by atoms with E-state index in [-0.39, 0.29) is 5.41 Å². The highest BCUT2D eigenvalue weighted by molar-refractivity contribution is 7.21. The van der Waals surface area contributed by atoms with E-state index in [4.69, 9.17) is 0 Å². The van der Waals surface area contributed by atoms with Gasteiger partial charge >= 0.3 is 0 Å². The fourth-order valence-corrected chi connectivity index (χ4v) is 13.0. The summed E-state index contributed by atoms with van der Waals surface area (Å²) < 4.78 is 2.47. The first-order valence-electron chi connectivity index (χ1n) is 19.4. The van der Waals surface area contributed by atoms with Gasteiger partial charge in [0, 0.05) is 37.0 Å². The minimum Gasteiger partial charge on any atom is -0.309 e. The molecule has 0 amide bonds. The van der Waals surface area contributed by atoms with Crippen molar-refractivity contribution in [2.75, 3.05) is 4.90 Å². The summed E-state index contributed by atoms with van der Waals surface area (Å²) in [5.74, 6) is 0. The van der Waals surface area contributed by atoms with Crippen LogP contribution in [0.2, 0.25) is 0 Å². The summed E-state index contributed by atoms with van der Waals surface area (Å²) in [6, 6.07) is 59.7. The molecule has 0 N–H and O–H groups in total. The first-order chi connectivity index (χ1) is 27.6. The molecule has 2 nitrogen and oxygen atoms in total. The number of hydrogen-bond acceptors (Lipinski definition) is 3. The zero-order valence-electron chi connectivity index (χ0n) is 30.9. The first kappa shape index (κ1) is 31.1. The standard InChI is InChI=1S/C52H34N2S2/c1-51(2)37-20-10-8-19-35(37)48-34-18-7-6-16-32(34)45(29-42(48)51)54-44-23-13-11-21-38(44)52(39-24-26-55-49(39)50-40(52)25-27-56-50)41-28-36-33-17-9-12-22-43(33)53(46(36)30-47(41)54)31-14-4-3-5-15-31/h3-30H,1-2H3. The molecule has 0 fully saturated rings. The molecule has 0 unspecified atom stereocenters. The van der Waals surface area contributed by atoms with Crippen LogP contribution >= 0.6 is 22.7 Å². The lowest BCUT2D eigenvalue weighted by Crippen LogP contribution is -2.36. The van der Waals surface area contributed by atoms with Crippen LogP contribution in [0.1, 0.15) is 47.2 Å². The van der Waals surface area contributed by atoms with Crippen LogP contribution in [0.15, 0.2) is 168 Å². The van der Waals surface area contributed by atoms with Crippen LogP contribution in [0.5, 0.6) is 0 Å². The maximum atomic E-state index is 2.63. The second-order valence-electron chi connectivity index (χ2n) is 16.0. The van der Waals surface area contributed by atoms with E-state index < -0.39 is 5.41 Å². The highest BCUT2D eigenvalue weighted by Gasteiger charge is 2.53. The van der Waals surface area contributed by atoms with Gasteiger partial charge in [0.15, 0.2) is 0 Å². The van der Waals surface area contributed by atoms with Crippen molar-refractivity contribution in [2.24, 2.45) is 0 Å². The third-order valence-corrected chi connectivity index (χ3v) is 15.1. The summed E-state index contributed by atoms with van der Waals surface area (Å²) in [5.41, 5.74) is 17.6. The molecule has 0 saturated heterocycles. The molecule has 0 saturated carbocycles. The van der Waals surface area contributed by atoms with E-state index in [1.54, 1.807) is 0 Å². The Kier molecular flexibility index (Phi) is 5.97. The van der Waals surface area contributed by atoms with Crippen LogP contribution < -0.4 is 4.90 Å². The fraction of sp³-hybridized carbons (Fsp3) is 0.0769. The largest absolute Gasteiger partial charge is 0.309 e. The monoisotopic (exact) mass is 750 g/mol. The molecule has 0 bridgehead atoms. The number of benzene rings is 7. The van der Waals surface area contributed by atoms with Crippen molar-refractivity contribution in [1.29, 1.82) is 0 Å². The summed E-state index contributed by atoms with van der Waals surface area (Å²) in [7, 11) is 0. The molecule has 2 aliphatic carbocycles. The van der Waals surface area contributed by atoms with Crippen LogP contribution in [-0.4, -0.2) is 4.57 Å². The molecule has 3 aliphatic rings. The van der Waals surface area contributed by atoms with Gasteiger partial charge in [-0.2, -0.15) is 0 Å². The quantitative estimate of drug-likeness (QED) is 0.171. The summed E-state index contributed by atoms with van der Waals surface area (Å²) in [6.07, 6.45) is 0. The van der Waals surface area contributed by atoms with E-state index in [1.807, 2.05) is 22.7 Å². The second-order valence-corrected chi connectivity index (χ2v) is 17.9. The fourth-order valence-electron chi connectivity index (χ4n) is 10.9. The van der Waals surface area contributed by atoms with Gasteiger partial charge in [-0.05, 0) is 115 Å². The SMILES string of the molecule is CC1(C)c2ccccc2-c2c1cc(N1c3ccccc3C3(c4cc5c6ccccc6n(-c6ccccc6)c5cc41)c1ccsc1-c1sccc13)c1ccccc21. The van der Waals surface area contributed by atoms with Gasteiger partial charge in [0.1, 0.15) is 0 Å². The smallest absolute Gasteiger partial charge is 0.0771 e. The Morgan fingerprint density at radius 1 is 0.429 bits per heavy atom. The average Bonchev–Trinajstić information content (AvgIpc) is 4.06. The van der Waals surface area contributed by atoms with Crippen molar-refractivity contribution in [3.05, 3.63) is 202 Å². The Morgan fingerprint density at radius 3 is 1.86 bits per heavy atom. The van der Waals surface area contributed by atoms with Crippen LogP contribution in [0.4, 0.5) is 17.1 Å². The predicted octanol–water partition coefficient (Wildman–Crippen LogP) is 14.5. The maximum absolute atomic E-state index is 2.63. The zero-order chi connectivity index (χ0) is 36.9. The number of fused-ring (bicyclic) bond motifs is 17. The van der Waals surface area contributed by atoms with E-state index in [2.05, 4.69) is 192 Å². The number of hydrogen-bond donors (Lipinski definition) is 0. The lowest BCUT2D eigenvalue weighted by Gasteiger charge is -2.45. The van der Waals surface area contributed by atoms with Gasteiger partial charge in [0.2, 0.25) is 0 Å². The molecule has 7 aromatic carbocycles. The lowest BCUT2D eigenvalue weighted by molar-refractivity contribution is 0.661. The topological polar surface area (TPSA) is 8.17 Å². The Bertz CT molecular complexity index is 3260. The number of aromatic nitrogens is 1. The van der Waals surface area contributed by atoms with Crippen LogP contribution in [0.3, 0.4) is 0 Å². The molecule has 10 aromatic rings. The van der Waals surface area contributed by atoms with Gasteiger partial charge in [0.25, 0.3) is 0 Å². The first-order valence-corrected chi connectivity index (χ1v) is 21.2. The second kappa shape index (κ2) is 10.8. The molecule has 0 radical (unpaired) electrons. The molecule has 0 atom stereocenters. The number of thiophene rings is 2. The van der Waals surface area contributed by atoms with Gasteiger partial charge in [-0.25, -0.2) is 0 Å². The molecule has 1 aliphatic heterocycles. The van der Waals surface area contributed by atoms with E-state index in [0.717, 1.165) is 0 Å². The molecular formula is C52H34N2S2. The minimum absolute atomic E-state index is 0.156. The molecule has 1 spiro atoms. The number of nitrogens with zero attached hydrogens (tertiary/aromatic N) is 2. The highest BCUT2D eigenvalue weighted by Crippen LogP contribution is 2.67. The third kappa shape index (κ3) is 3.63. The summed E-state index contributed by atoms with van der Waals surface area (Å²) in [6.45, 7) is 4.81. The number of rotatable bonds is 2. The van der Waals surface area contributed by atoms with Gasteiger partial charge in [0.05, 0.1) is 33.5 Å². The number of anilines is 3. The van der Waals surface area contributed by atoms with Crippen LogP contribution in [-0.2, 0) is 10.8 Å². The van der Waals surface area contributed by atoms with Crippen LogP contribution in [0, 0.1) is 0 Å². The maximum Gasteiger partial charge on any atom is 0.0771 e. The Morgan fingerprint density at radius 2 is 1.07 bits per heavy atom. The van der Waals surface area contributed by atoms with E-state index in [9.17, 15) is 0 Å². The molecule has 264 valence electrons. The summed E-state index contributed by atoms with van der Waals surface area (Å²) in [4.78, 5) is 5.43. The molecular weight excluding hydrogens is 717 g/mol.